The first kappa shape index (κ1) is 13.8. The number of guanidine groups is 1. The van der Waals surface area contributed by atoms with Crippen LogP contribution < -0.4 is 15.1 Å². The average Bonchev–Trinajstić information content (AvgIpc) is 3.01. The summed E-state index contributed by atoms with van der Waals surface area (Å²) in [4.78, 5) is 21.4. The number of halogens is 1. The van der Waals surface area contributed by atoms with E-state index in [1.165, 1.54) is 9.80 Å². The molecule has 0 aromatic heterocycles. The van der Waals surface area contributed by atoms with E-state index in [1.54, 1.807) is 0 Å². The lowest BCUT2D eigenvalue weighted by Crippen LogP contribution is -2.48. The van der Waals surface area contributed by atoms with Gasteiger partial charge in [-0.05, 0) is 18.2 Å². The molecule has 0 unspecified atom stereocenters. The van der Waals surface area contributed by atoms with Crippen molar-refractivity contribution in [2.24, 2.45) is 4.99 Å². The average molecular weight is 313 g/mol. The fourth-order valence-electron chi connectivity index (χ4n) is 2.99. The minimum atomic E-state index is -0.548. The number of hydrogen-bond donors (Lipinski definition) is 1. The molecule has 0 atom stereocenters. The van der Waals surface area contributed by atoms with Crippen LogP contribution in [0.4, 0.5) is 21.5 Å². The Bertz CT molecular complexity index is 785. The van der Waals surface area contributed by atoms with E-state index in [0.29, 0.717) is 31.3 Å². The second-order valence-electron chi connectivity index (χ2n) is 5.65. The Morgan fingerprint density at radius 2 is 2.22 bits per heavy atom. The molecule has 3 aliphatic rings. The summed E-state index contributed by atoms with van der Waals surface area (Å²) < 4.78 is 13.9. The molecule has 0 saturated heterocycles. The number of carbonyl (C=O) groups is 1. The zero-order valence-corrected chi connectivity index (χ0v) is 12.7. The molecule has 1 aromatic carbocycles. The van der Waals surface area contributed by atoms with E-state index < -0.39 is 11.9 Å². The van der Waals surface area contributed by atoms with Gasteiger partial charge in [0.1, 0.15) is 0 Å². The van der Waals surface area contributed by atoms with E-state index in [9.17, 15) is 9.18 Å². The Kier molecular flexibility index (Phi) is 2.90. The number of amides is 1. The number of likely N-dealkylation sites (N-methyl/N-ethyl adjacent to an activating group) is 1. The van der Waals surface area contributed by atoms with Crippen molar-refractivity contribution in [3.8, 4) is 0 Å². The van der Waals surface area contributed by atoms with E-state index in [0.717, 1.165) is 23.1 Å². The molecule has 7 heteroatoms. The van der Waals surface area contributed by atoms with Crippen LogP contribution in [0.2, 0.25) is 0 Å². The van der Waals surface area contributed by atoms with Gasteiger partial charge in [0.05, 0.1) is 36.2 Å². The molecule has 0 fully saturated rings. The van der Waals surface area contributed by atoms with Gasteiger partial charge >= 0.3 is 0 Å². The molecule has 1 aromatic rings. The summed E-state index contributed by atoms with van der Waals surface area (Å²) in [5.41, 5.74) is 3.49. The van der Waals surface area contributed by atoms with Crippen molar-refractivity contribution in [2.45, 2.75) is 0 Å². The Labute approximate surface area is 133 Å². The highest BCUT2D eigenvalue weighted by molar-refractivity contribution is 6.22. The molecular weight excluding hydrogens is 297 g/mol. The zero-order chi connectivity index (χ0) is 16.1. The number of hydrogen-bond acceptors (Lipinski definition) is 5. The fourth-order valence-corrected chi connectivity index (χ4v) is 2.99. The van der Waals surface area contributed by atoms with E-state index in [2.05, 4.69) is 16.9 Å². The molecule has 23 heavy (non-hydrogen) atoms. The highest BCUT2D eigenvalue weighted by Gasteiger charge is 2.35. The van der Waals surface area contributed by atoms with Gasteiger partial charge in [-0.25, -0.2) is 4.90 Å². The standard InChI is InChI=1S/C16H16FN5O/c1-10-9-19-12-4-3-11(7-13(12)20(10)2)22-15(23)8-14(17)21-6-5-18-16(21)22/h3-4,7-8,19H,1,5-6,9H2,2H3. The van der Waals surface area contributed by atoms with Crippen LogP contribution in [0, 0.1) is 0 Å². The van der Waals surface area contributed by atoms with Gasteiger partial charge in [-0.1, -0.05) is 6.58 Å². The largest absolute Gasteiger partial charge is 0.378 e. The molecule has 4 rings (SSSR count). The Morgan fingerprint density at radius 1 is 1.39 bits per heavy atom. The predicted molar refractivity (Wildman–Crippen MR) is 88.2 cm³/mol. The number of fused-ring (bicyclic) bond motifs is 2. The maximum Gasteiger partial charge on any atom is 0.262 e. The monoisotopic (exact) mass is 313 g/mol. The second kappa shape index (κ2) is 4.84. The minimum Gasteiger partial charge on any atom is -0.378 e. The number of anilines is 3. The third kappa shape index (κ3) is 2.00. The molecule has 0 saturated carbocycles. The molecule has 0 bridgehead atoms. The normalized spacial score (nSPS) is 20.0. The van der Waals surface area contributed by atoms with Gasteiger partial charge in [0, 0.05) is 19.3 Å². The molecular formula is C16H16FN5O. The molecule has 3 aliphatic heterocycles. The van der Waals surface area contributed by atoms with Crippen LogP contribution in [-0.2, 0) is 4.79 Å². The van der Waals surface area contributed by atoms with Crippen LogP contribution in [0.3, 0.4) is 0 Å². The third-order valence-corrected chi connectivity index (χ3v) is 4.30. The van der Waals surface area contributed by atoms with Crippen molar-refractivity contribution in [1.82, 2.24) is 4.90 Å². The van der Waals surface area contributed by atoms with Crippen LogP contribution in [0.1, 0.15) is 0 Å². The number of aliphatic imine (C=N–C) groups is 1. The van der Waals surface area contributed by atoms with Crippen LogP contribution in [0.15, 0.2) is 47.5 Å². The molecule has 0 radical (unpaired) electrons. The summed E-state index contributed by atoms with van der Waals surface area (Å²) in [6.07, 6.45) is 1.00. The first-order chi connectivity index (χ1) is 11.1. The molecule has 0 spiro atoms. The number of nitrogens with one attached hydrogen (secondary N) is 1. The molecule has 1 N–H and O–H groups in total. The minimum absolute atomic E-state index is 0.347. The van der Waals surface area contributed by atoms with Gasteiger partial charge in [0.15, 0.2) is 0 Å². The summed E-state index contributed by atoms with van der Waals surface area (Å²) >= 11 is 0. The van der Waals surface area contributed by atoms with Crippen LogP contribution in [-0.4, -0.2) is 43.4 Å². The molecule has 3 heterocycles. The molecule has 6 nitrogen and oxygen atoms in total. The number of carbonyl (C=O) groups excluding carboxylic acids is 1. The fraction of sp³-hybridized carbons (Fsp3) is 0.250. The first-order valence-corrected chi connectivity index (χ1v) is 7.39. The lowest BCUT2D eigenvalue weighted by Gasteiger charge is -2.34. The number of benzene rings is 1. The SMILES string of the molecule is C=C1CNc2ccc(N3C(=O)C=C(F)N4CCN=C43)cc2N1C. The Hall–Kier alpha value is -2.83. The first-order valence-electron chi connectivity index (χ1n) is 7.39. The van der Waals surface area contributed by atoms with E-state index >= 15 is 0 Å². The van der Waals surface area contributed by atoms with Crippen molar-refractivity contribution >= 4 is 28.9 Å². The van der Waals surface area contributed by atoms with Gasteiger partial charge in [-0.2, -0.15) is 4.39 Å². The Balaban J connectivity index is 1.79. The number of rotatable bonds is 1. The van der Waals surface area contributed by atoms with Gasteiger partial charge in [0.2, 0.25) is 11.9 Å². The van der Waals surface area contributed by atoms with Crippen LogP contribution in [0.25, 0.3) is 0 Å². The Morgan fingerprint density at radius 3 is 3.04 bits per heavy atom. The quantitative estimate of drug-likeness (QED) is 0.805. The highest BCUT2D eigenvalue weighted by atomic mass is 19.1. The predicted octanol–water partition coefficient (Wildman–Crippen LogP) is 1.89. The van der Waals surface area contributed by atoms with E-state index in [4.69, 9.17) is 0 Å². The molecule has 1 amide bonds. The van der Waals surface area contributed by atoms with Crippen molar-refractivity contribution in [1.29, 1.82) is 0 Å². The van der Waals surface area contributed by atoms with Crippen molar-refractivity contribution in [3.63, 3.8) is 0 Å². The maximum atomic E-state index is 13.9. The molecule has 118 valence electrons. The summed E-state index contributed by atoms with van der Waals surface area (Å²) in [7, 11) is 1.93. The smallest absolute Gasteiger partial charge is 0.262 e. The van der Waals surface area contributed by atoms with E-state index in [-0.39, 0.29) is 0 Å². The van der Waals surface area contributed by atoms with Crippen molar-refractivity contribution in [3.05, 3.63) is 42.5 Å². The summed E-state index contributed by atoms with van der Waals surface area (Å²) in [5, 5.41) is 3.28. The van der Waals surface area contributed by atoms with E-state index in [1.807, 2.05) is 30.1 Å². The highest BCUT2D eigenvalue weighted by Crippen LogP contribution is 2.36. The summed E-state index contributed by atoms with van der Waals surface area (Å²) in [6.45, 7) is 5.61. The van der Waals surface area contributed by atoms with Gasteiger partial charge < -0.3 is 10.2 Å². The lowest BCUT2D eigenvalue weighted by molar-refractivity contribution is -0.113. The van der Waals surface area contributed by atoms with Gasteiger partial charge in [0.25, 0.3) is 5.91 Å². The summed E-state index contributed by atoms with van der Waals surface area (Å²) in [5.74, 6) is -0.627. The van der Waals surface area contributed by atoms with Crippen molar-refractivity contribution in [2.75, 3.05) is 41.8 Å². The summed E-state index contributed by atoms with van der Waals surface area (Å²) in [6, 6.07) is 5.64. The van der Waals surface area contributed by atoms with Gasteiger partial charge in [-0.3, -0.25) is 14.7 Å². The van der Waals surface area contributed by atoms with Crippen molar-refractivity contribution < 1.29 is 9.18 Å². The topological polar surface area (TPSA) is 51.2 Å². The van der Waals surface area contributed by atoms with Crippen LogP contribution >= 0.6 is 0 Å². The number of nitrogens with zero attached hydrogens (tertiary/aromatic N) is 4. The molecule has 0 aliphatic carbocycles. The van der Waals surface area contributed by atoms with Crippen LogP contribution in [0.5, 0.6) is 0 Å². The third-order valence-electron chi connectivity index (χ3n) is 4.30. The van der Waals surface area contributed by atoms with Gasteiger partial charge in [-0.15, -0.1) is 0 Å². The lowest BCUT2D eigenvalue weighted by atomic mass is 10.1. The maximum absolute atomic E-state index is 13.9. The second-order valence-corrected chi connectivity index (χ2v) is 5.65. The zero-order valence-electron chi connectivity index (χ0n) is 12.7.